The Morgan fingerprint density at radius 3 is 2.24 bits per heavy atom. The second-order valence-corrected chi connectivity index (χ2v) is 5.87. The molecule has 1 aliphatic rings. The summed E-state index contributed by atoms with van der Waals surface area (Å²) in [5.74, 6) is 1.94. The van der Waals surface area contributed by atoms with Crippen LogP contribution in [0.15, 0.2) is 0 Å². The van der Waals surface area contributed by atoms with E-state index < -0.39 is 0 Å². The molecule has 0 bridgehead atoms. The lowest BCUT2D eigenvalue weighted by Crippen LogP contribution is -2.36. The Morgan fingerprint density at radius 2 is 1.71 bits per heavy atom. The van der Waals surface area contributed by atoms with E-state index in [-0.39, 0.29) is 0 Å². The molecule has 0 amide bonds. The summed E-state index contributed by atoms with van der Waals surface area (Å²) in [6.07, 6.45) is 12.8. The van der Waals surface area contributed by atoms with Crippen molar-refractivity contribution in [3.63, 3.8) is 0 Å². The molecule has 1 heteroatoms. The van der Waals surface area contributed by atoms with Gasteiger partial charge in [-0.2, -0.15) is 0 Å². The van der Waals surface area contributed by atoms with Crippen LogP contribution in [0.3, 0.4) is 0 Å². The zero-order chi connectivity index (χ0) is 12.5. The molecule has 0 radical (unpaired) electrons. The van der Waals surface area contributed by atoms with Crippen LogP contribution in [-0.2, 0) is 0 Å². The average molecular weight is 239 g/mol. The second kappa shape index (κ2) is 8.97. The monoisotopic (exact) mass is 239 g/mol. The molecular formula is C16H33N. The molecule has 0 spiro atoms. The van der Waals surface area contributed by atoms with Crippen molar-refractivity contribution in [2.45, 2.75) is 84.6 Å². The lowest BCUT2D eigenvalue weighted by Gasteiger charge is -2.27. The third-order valence-corrected chi connectivity index (χ3v) is 4.63. The van der Waals surface area contributed by atoms with Crippen molar-refractivity contribution in [2.24, 2.45) is 11.8 Å². The third kappa shape index (κ3) is 5.42. The van der Waals surface area contributed by atoms with E-state index in [1.54, 1.807) is 0 Å². The van der Waals surface area contributed by atoms with Gasteiger partial charge in [0.1, 0.15) is 0 Å². The molecule has 1 nitrogen and oxygen atoms in total. The highest BCUT2D eigenvalue weighted by Crippen LogP contribution is 2.30. The topological polar surface area (TPSA) is 12.0 Å². The van der Waals surface area contributed by atoms with Crippen LogP contribution >= 0.6 is 0 Å². The van der Waals surface area contributed by atoms with Crippen molar-refractivity contribution >= 4 is 0 Å². The first-order valence-electron chi connectivity index (χ1n) is 8.05. The Hall–Kier alpha value is -0.0400. The summed E-state index contributed by atoms with van der Waals surface area (Å²) in [5, 5.41) is 3.80. The molecule has 0 aromatic heterocycles. The summed E-state index contributed by atoms with van der Waals surface area (Å²) >= 11 is 0. The molecule has 1 fully saturated rings. The van der Waals surface area contributed by atoms with E-state index in [2.05, 4.69) is 26.1 Å². The van der Waals surface area contributed by atoms with Crippen LogP contribution in [-0.4, -0.2) is 12.6 Å². The lowest BCUT2D eigenvalue weighted by atomic mass is 9.88. The smallest absolute Gasteiger partial charge is 0.00952 e. The van der Waals surface area contributed by atoms with Crippen molar-refractivity contribution in [3.8, 4) is 0 Å². The van der Waals surface area contributed by atoms with E-state index in [1.807, 2.05) is 0 Å². The van der Waals surface area contributed by atoms with Crippen LogP contribution in [0.2, 0.25) is 0 Å². The van der Waals surface area contributed by atoms with Crippen LogP contribution < -0.4 is 5.32 Å². The van der Waals surface area contributed by atoms with E-state index >= 15 is 0 Å². The van der Waals surface area contributed by atoms with Gasteiger partial charge >= 0.3 is 0 Å². The van der Waals surface area contributed by atoms with Crippen molar-refractivity contribution in [3.05, 3.63) is 0 Å². The largest absolute Gasteiger partial charge is 0.314 e. The highest BCUT2D eigenvalue weighted by molar-refractivity contribution is 4.77. The fraction of sp³-hybridized carbons (Fsp3) is 1.00. The molecule has 1 aliphatic carbocycles. The third-order valence-electron chi connectivity index (χ3n) is 4.63. The van der Waals surface area contributed by atoms with E-state index in [9.17, 15) is 0 Å². The summed E-state index contributed by atoms with van der Waals surface area (Å²) in [6.45, 7) is 8.18. The first-order chi connectivity index (χ1) is 8.31. The normalized spacial score (nSPS) is 19.1. The maximum Gasteiger partial charge on any atom is 0.00952 e. The van der Waals surface area contributed by atoms with Gasteiger partial charge in [0, 0.05) is 6.04 Å². The molecular weight excluding hydrogens is 206 g/mol. The predicted molar refractivity (Wildman–Crippen MR) is 77.3 cm³/mol. The Labute approximate surface area is 109 Å². The van der Waals surface area contributed by atoms with Crippen LogP contribution in [0.4, 0.5) is 0 Å². The van der Waals surface area contributed by atoms with Gasteiger partial charge in [0.25, 0.3) is 0 Å². The van der Waals surface area contributed by atoms with Gasteiger partial charge in [0.15, 0.2) is 0 Å². The molecule has 0 heterocycles. The predicted octanol–water partition coefficient (Wildman–Crippen LogP) is 4.76. The SMILES string of the molecule is CCCNC(CCC1CCCC1)C(CC)CC. The molecule has 0 saturated heterocycles. The maximum atomic E-state index is 3.80. The zero-order valence-corrected chi connectivity index (χ0v) is 12.3. The van der Waals surface area contributed by atoms with Gasteiger partial charge in [0.2, 0.25) is 0 Å². The van der Waals surface area contributed by atoms with Crippen molar-refractivity contribution in [1.29, 1.82) is 0 Å². The Morgan fingerprint density at radius 1 is 1.06 bits per heavy atom. The van der Waals surface area contributed by atoms with Gasteiger partial charge in [-0.25, -0.2) is 0 Å². The molecule has 1 unspecified atom stereocenters. The first-order valence-corrected chi connectivity index (χ1v) is 8.05. The average Bonchev–Trinajstić information content (AvgIpc) is 2.86. The van der Waals surface area contributed by atoms with Crippen molar-refractivity contribution < 1.29 is 0 Å². The molecule has 1 atom stereocenters. The van der Waals surface area contributed by atoms with Crippen LogP contribution in [0, 0.1) is 11.8 Å². The summed E-state index contributed by atoms with van der Waals surface area (Å²) in [6, 6.07) is 0.783. The van der Waals surface area contributed by atoms with Crippen LogP contribution in [0.5, 0.6) is 0 Å². The second-order valence-electron chi connectivity index (χ2n) is 5.87. The molecule has 0 aromatic carbocycles. The number of rotatable bonds is 9. The highest BCUT2D eigenvalue weighted by atomic mass is 14.9. The van der Waals surface area contributed by atoms with Gasteiger partial charge in [-0.05, 0) is 37.6 Å². The molecule has 1 saturated carbocycles. The fourth-order valence-corrected chi connectivity index (χ4v) is 3.41. The number of nitrogens with one attached hydrogen (secondary N) is 1. The number of hydrogen-bond acceptors (Lipinski definition) is 1. The minimum absolute atomic E-state index is 0.783. The maximum absolute atomic E-state index is 3.80. The minimum Gasteiger partial charge on any atom is -0.314 e. The lowest BCUT2D eigenvalue weighted by molar-refractivity contribution is 0.295. The summed E-state index contributed by atoms with van der Waals surface area (Å²) in [5.41, 5.74) is 0. The Kier molecular flexibility index (Phi) is 7.92. The molecule has 102 valence electrons. The fourth-order valence-electron chi connectivity index (χ4n) is 3.41. The van der Waals surface area contributed by atoms with Gasteiger partial charge < -0.3 is 5.32 Å². The van der Waals surface area contributed by atoms with E-state index in [4.69, 9.17) is 0 Å². The van der Waals surface area contributed by atoms with E-state index in [0.29, 0.717) is 0 Å². The zero-order valence-electron chi connectivity index (χ0n) is 12.3. The van der Waals surface area contributed by atoms with E-state index in [0.717, 1.165) is 17.9 Å². The Balaban J connectivity index is 2.32. The van der Waals surface area contributed by atoms with Crippen molar-refractivity contribution in [1.82, 2.24) is 5.32 Å². The molecule has 17 heavy (non-hydrogen) atoms. The van der Waals surface area contributed by atoms with Gasteiger partial charge in [-0.1, -0.05) is 59.3 Å². The molecule has 0 aliphatic heterocycles. The van der Waals surface area contributed by atoms with E-state index in [1.165, 1.54) is 64.3 Å². The molecule has 1 rings (SSSR count). The summed E-state index contributed by atoms with van der Waals surface area (Å²) < 4.78 is 0. The summed E-state index contributed by atoms with van der Waals surface area (Å²) in [4.78, 5) is 0. The van der Waals surface area contributed by atoms with Crippen molar-refractivity contribution in [2.75, 3.05) is 6.54 Å². The summed E-state index contributed by atoms with van der Waals surface area (Å²) in [7, 11) is 0. The van der Waals surface area contributed by atoms with Gasteiger partial charge in [0.05, 0.1) is 0 Å². The van der Waals surface area contributed by atoms with Crippen LogP contribution in [0.25, 0.3) is 0 Å². The van der Waals surface area contributed by atoms with Gasteiger partial charge in [-0.3, -0.25) is 0 Å². The Bertz CT molecular complexity index is 168. The quantitative estimate of drug-likeness (QED) is 0.611. The van der Waals surface area contributed by atoms with Crippen LogP contribution in [0.1, 0.15) is 78.6 Å². The minimum atomic E-state index is 0.783. The molecule has 1 N–H and O–H groups in total. The van der Waals surface area contributed by atoms with Gasteiger partial charge in [-0.15, -0.1) is 0 Å². The molecule has 0 aromatic rings. The standard InChI is InChI=1S/C16H33N/c1-4-13-17-16(15(5-2)6-3)12-11-14-9-7-8-10-14/h14-17H,4-13H2,1-3H3. The first kappa shape index (κ1) is 15.0. The number of hydrogen-bond donors (Lipinski definition) is 1. The highest BCUT2D eigenvalue weighted by Gasteiger charge is 2.21.